The highest BCUT2D eigenvalue weighted by Crippen LogP contribution is 2.29. The first kappa shape index (κ1) is 15.7. The Balaban J connectivity index is 2.36. The maximum Gasteiger partial charge on any atom is 0.293 e. The lowest BCUT2D eigenvalue weighted by Gasteiger charge is -2.09. The van der Waals surface area contributed by atoms with E-state index in [1.54, 1.807) is 25.1 Å². The second kappa shape index (κ2) is 6.36. The molecular weight excluding hydrogens is 404 g/mol. The van der Waals surface area contributed by atoms with Gasteiger partial charge in [-0.05, 0) is 36.8 Å². The molecule has 1 N–H and O–H groups in total. The van der Waals surface area contributed by atoms with E-state index in [0.29, 0.717) is 10.0 Å². The van der Waals surface area contributed by atoms with E-state index in [-0.39, 0.29) is 17.3 Å². The summed E-state index contributed by atoms with van der Waals surface area (Å²) in [6, 6.07) is 9.71. The van der Waals surface area contributed by atoms with Crippen LogP contribution in [0.25, 0.3) is 0 Å². The van der Waals surface area contributed by atoms with Crippen LogP contribution < -0.4 is 5.32 Å². The predicted molar refractivity (Wildman–Crippen MR) is 87.6 cm³/mol. The van der Waals surface area contributed by atoms with Crippen molar-refractivity contribution in [2.24, 2.45) is 0 Å². The van der Waals surface area contributed by atoms with Crippen molar-refractivity contribution in [2.45, 2.75) is 6.92 Å². The Bertz CT molecular complexity index is 732. The van der Waals surface area contributed by atoms with Crippen LogP contribution >= 0.6 is 31.9 Å². The highest BCUT2D eigenvalue weighted by molar-refractivity contribution is 9.10. The fourth-order valence-electron chi connectivity index (χ4n) is 1.80. The monoisotopic (exact) mass is 412 g/mol. The Morgan fingerprint density at radius 3 is 2.62 bits per heavy atom. The lowest BCUT2D eigenvalue weighted by atomic mass is 10.1. The van der Waals surface area contributed by atoms with Crippen LogP contribution in [0.1, 0.15) is 15.9 Å². The predicted octanol–water partition coefficient (Wildman–Crippen LogP) is 4.68. The van der Waals surface area contributed by atoms with Crippen molar-refractivity contribution in [1.29, 1.82) is 0 Å². The number of hydrogen-bond acceptors (Lipinski definition) is 3. The molecule has 21 heavy (non-hydrogen) atoms. The lowest BCUT2D eigenvalue weighted by molar-refractivity contribution is -0.384. The highest BCUT2D eigenvalue weighted by Gasteiger charge is 2.18. The van der Waals surface area contributed by atoms with Crippen LogP contribution in [0.2, 0.25) is 0 Å². The average molecular weight is 414 g/mol. The Hall–Kier alpha value is -1.73. The van der Waals surface area contributed by atoms with Gasteiger partial charge in [-0.25, -0.2) is 0 Å². The summed E-state index contributed by atoms with van der Waals surface area (Å²) in [5.41, 5.74) is 1.23. The van der Waals surface area contributed by atoms with E-state index >= 15 is 0 Å². The molecule has 0 aliphatic carbocycles. The smallest absolute Gasteiger partial charge is 0.293 e. The standard InChI is InChI=1S/C14H10Br2N2O3/c1-8-10(3-2-4-11(8)16)14(19)17-12-6-5-9(15)7-13(12)18(20)21/h2-7H,1H3,(H,17,19). The number of amides is 1. The molecule has 0 saturated carbocycles. The largest absolute Gasteiger partial charge is 0.316 e. The molecule has 5 nitrogen and oxygen atoms in total. The number of nitrogens with zero attached hydrogens (tertiary/aromatic N) is 1. The maximum absolute atomic E-state index is 12.3. The van der Waals surface area contributed by atoms with Crippen molar-refractivity contribution in [3.63, 3.8) is 0 Å². The molecule has 0 unspecified atom stereocenters. The summed E-state index contributed by atoms with van der Waals surface area (Å²) in [4.78, 5) is 22.8. The quantitative estimate of drug-likeness (QED) is 0.586. The Morgan fingerprint density at radius 1 is 1.24 bits per heavy atom. The minimum Gasteiger partial charge on any atom is -0.316 e. The molecule has 0 fully saturated rings. The molecule has 2 aromatic carbocycles. The summed E-state index contributed by atoms with van der Waals surface area (Å²) >= 11 is 6.53. The third-order valence-corrected chi connectivity index (χ3v) is 4.27. The molecule has 0 radical (unpaired) electrons. The van der Waals surface area contributed by atoms with Crippen LogP contribution in [-0.2, 0) is 0 Å². The topological polar surface area (TPSA) is 72.2 Å². The number of anilines is 1. The van der Waals surface area contributed by atoms with E-state index in [4.69, 9.17) is 0 Å². The van der Waals surface area contributed by atoms with Crippen molar-refractivity contribution in [3.8, 4) is 0 Å². The van der Waals surface area contributed by atoms with Crippen LogP contribution in [0.4, 0.5) is 11.4 Å². The van der Waals surface area contributed by atoms with Gasteiger partial charge in [-0.15, -0.1) is 0 Å². The van der Waals surface area contributed by atoms with E-state index in [1.807, 2.05) is 6.07 Å². The zero-order valence-corrected chi connectivity index (χ0v) is 14.1. The second-order valence-corrected chi connectivity index (χ2v) is 6.06. The molecule has 2 rings (SSSR count). The molecule has 0 atom stereocenters. The molecule has 0 aliphatic rings. The lowest BCUT2D eigenvalue weighted by Crippen LogP contribution is -2.14. The summed E-state index contributed by atoms with van der Waals surface area (Å²) in [5.74, 6) is -0.390. The van der Waals surface area contributed by atoms with Gasteiger partial charge in [0.15, 0.2) is 0 Å². The normalized spacial score (nSPS) is 10.2. The zero-order valence-electron chi connectivity index (χ0n) is 10.9. The summed E-state index contributed by atoms with van der Waals surface area (Å²) in [6.45, 7) is 1.80. The van der Waals surface area contributed by atoms with E-state index in [1.165, 1.54) is 12.1 Å². The van der Waals surface area contributed by atoms with Gasteiger partial charge in [0.1, 0.15) is 5.69 Å². The number of hydrogen-bond donors (Lipinski definition) is 1. The Labute approximate surface area is 137 Å². The Morgan fingerprint density at radius 2 is 1.95 bits per heavy atom. The molecule has 0 spiro atoms. The fourth-order valence-corrected chi connectivity index (χ4v) is 2.52. The summed E-state index contributed by atoms with van der Waals surface area (Å²) in [7, 11) is 0. The summed E-state index contributed by atoms with van der Waals surface area (Å²) < 4.78 is 1.38. The van der Waals surface area contributed by atoms with Crippen molar-refractivity contribution in [2.75, 3.05) is 5.32 Å². The number of nitro benzene ring substituents is 1. The SMILES string of the molecule is Cc1c(Br)cccc1C(=O)Nc1ccc(Br)cc1[N+](=O)[O-]. The molecule has 7 heteroatoms. The van der Waals surface area contributed by atoms with Crippen LogP contribution in [0.3, 0.4) is 0 Å². The van der Waals surface area contributed by atoms with Gasteiger partial charge in [0, 0.05) is 20.6 Å². The minimum atomic E-state index is -0.534. The molecule has 0 saturated heterocycles. The summed E-state index contributed by atoms with van der Waals surface area (Å²) in [5, 5.41) is 13.6. The number of benzene rings is 2. The number of halogens is 2. The summed E-state index contributed by atoms with van der Waals surface area (Å²) in [6.07, 6.45) is 0. The first-order valence-corrected chi connectivity index (χ1v) is 7.49. The van der Waals surface area contributed by atoms with E-state index < -0.39 is 4.92 Å². The highest BCUT2D eigenvalue weighted by atomic mass is 79.9. The molecule has 0 bridgehead atoms. The van der Waals surface area contributed by atoms with Gasteiger partial charge in [-0.3, -0.25) is 14.9 Å². The Kier molecular flexibility index (Phi) is 4.74. The fraction of sp³-hybridized carbons (Fsp3) is 0.0714. The zero-order chi connectivity index (χ0) is 15.6. The van der Waals surface area contributed by atoms with Gasteiger partial charge in [0.25, 0.3) is 11.6 Å². The van der Waals surface area contributed by atoms with Crippen LogP contribution in [0.5, 0.6) is 0 Å². The molecular formula is C14H10Br2N2O3. The van der Waals surface area contributed by atoms with Crippen molar-refractivity contribution >= 4 is 49.1 Å². The number of rotatable bonds is 3. The van der Waals surface area contributed by atoms with Crippen molar-refractivity contribution in [1.82, 2.24) is 0 Å². The molecule has 2 aromatic rings. The molecule has 0 heterocycles. The van der Waals surface area contributed by atoms with Crippen molar-refractivity contribution in [3.05, 3.63) is 66.6 Å². The van der Waals surface area contributed by atoms with E-state index in [9.17, 15) is 14.9 Å². The van der Waals surface area contributed by atoms with Crippen LogP contribution in [0, 0.1) is 17.0 Å². The molecule has 1 amide bonds. The average Bonchev–Trinajstić information content (AvgIpc) is 2.43. The maximum atomic E-state index is 12.3. The molecule has 0 aromatic heterocycles. The first-order chi connectivity index (χ1) is 9.90. The van der Waals surface area contributed by atoms with Gasteiger partial charge < -0.3 is 5.32 Å². The van der Waals surface area contributed by atoms with E-state index in [2.05, 4.69) is 37.2 Å². The number of carbonyl (C=O) groups is 1. The molecule has 0 aliphatic heterocycles. The number of nitro groups is 1. The van der Waals surface area contributed by atoms with E-state index in [0.717, 1.165) is 10.0 Å². The van der Waals surface area contributed by atoms with Gasteiger partial charge in [0.2, 0.25) is 0 Å². The third kappa shape index (κ3) is 3.48. The second-order valence-electron chi connectivity index (χ2n) is 4.29. The van der Waals surface area contributed by atoms with Gasteiger partial charge in [0.05, 0.1) is 4.92 Å². The van der Waals surface area contributed by atoms with Gasteiger partial charge >= 0.3 is 0 Å². The van der Waals surface area contributed by atoms with Gasteiger partial charge in [-0.1, -0.05) is 37.9 Å². The van der Waals surface area contributed by atoms with Crippen molar-refractivity contribution < 1.29 is 9.72 Å². The number of carbonyl (C=O) groups excluding carboxylic acids is 1. The van der Waals surface area contributed by atoms with Gasteiger partial charge in [-0.2, -0.15) is 0 Å². The third-order valence-electron chi connectivity index (χ3n) is 2.92. The first-order valence-electron chi connectivity index (χ1n) is 5.90. The minimum absolute atomic E-state index is 0.160. The van der Waals surface area contributed by atoms with Crippen LogP contribution in [0.15, 0.2) is 45.3 Å². The molecule has 108 valence electrons. The van der Waals surface area contributed by atoms with Crippen LogP contribution in [-0.4, -0.2) is 10.8 Å². The number of nitrogens with one attached hydrogen (secondary N) is 1.